The molecule has 0 bridgehead atoms. The van der Waals surface area contributed by atoms with Gasteiger partial charge in [0.15, 0.2) is 0 Å². The predicted molar refractivity (Wildman–Crippen MR) is 104 cm³/mol. The number of carboxylic acid groups (broad SMARTS) is 1. The number of carbonyl (C=O) groups excluding carboxylic acids is 3. The number of hydrazine groups is 1. The van der Waals surface area contributed by atoms with Crippen LogP contribution in [0, 0.1) is 11.8 Å². The number of aliphatic carboxylic acids is 1. The number of nitrogens with one attached hydrogen (secondary N) is 3. The summed E-state index contributed by atoms with van der Waals surface area (Å²) in [4.78, 5) is 47.2. The fourth-order valence-electron chi connectivity index (χ4n) is 3.06. The molecule has 0 saturated heterocycles. The maximum atomic E-state index is 12.2. The molecule has 2 rings (SSSR count). The van der Waals surface area contributed by atoms with Crippen LogP contribution in [0.3, 0.4) is 0 Å². The van der Waals surface area contributed by atoms with E-state index in [9.17, 15) is 24.3 Å². The molecule has 0 heterocycles. The van der Waals surface area contributed by atoms with E-state index in [4.69, 9.17) is 23.2 Å². The van der Waals surface area contributed by atoms with Gasteiger partial charge < -0.3 is 10.4 Å². The first-order chi connectivity index (χ1) is 13.3. The van der Waals surface area contributed by atoms with Crippen molar-refractivity contribution in [1.29, 1.82) is 0 Å². The molecule has 0 radical (unpaired) electrons. The number of carbonyl (C=O) groups is 4. The standard InChI is InChI=1S/C18H21Cl2N3O5/c19-10-5-6-14(13(20)9-10)21-15(24)7-8-16(25)22-23-17(26)11-3-1-2-4-12(11)18(27)28/h5-6,9,11-12H,1-4,7-8H2,(H,21,24)(H,22,25)(H,23,26)(H,27,28)/t11?,12-/m0/s1. The molecule has 28 heavy (non-hydrogen) atoms. The summed E-state index contributed by atoms with van der Waals surface area (Å²) in [7, 11) is 0. The van der Waals surface area contributed by atoms with Crippen LogP contribution in [-0.4, -0.2) is 28.8 Å². The number of benzene rings is 1. The number of anilines is 1. The number of rotatable bonds is 6. The topological polar surface area (TPSA) is 125 Å². The summed E-state index contributed by atoms with van der Waals surface area (Å²) in [6.45, 7) is 0. The first-order valence-electron chi connectivity index (χ1n) is 8.84. The zero-order valence-electron chi connectivity index (χ0n) is 15.0. The molecular formula is C18H21Cl2N3O5. The molecule has 2 atom stereocenters. The predicted octanol–water partition coefficient (Wildman–Crippen LogP) is 2.75. The minimum absolute atomic E-state index is 0.123. The van der Waals surface area contributed by atoms with Gasteiger partial charge in [0.25, 0.3) is 0 Å². The third-order valence-electron chi connectivity index (χ3n) is 4.53. The van der Waals surface area contributed by atoms with Gasteiger partial charge in [-0.2, -0.15) is 0 Å². The Morgan fingerprint density at radius 1 is 0.964 bits per heavy atom. The smallest absolute Gasteiger partial charge is 0.307 e. The first kappa shape index (κ1) is 22.0. The first-order valence-corrected chi connectivity index (χ1v) is 9.60. The summed E-state index contributed by atoms with van der Waals surface area (Å²) < 4.78 is 0. The Kier molecular flexibility index (Phi) is 8.07. The highest BCUT2D eigenvalue weighted by Gasteiger charge is 2.35. The highest BCUT2D eigenvalue weighted by Crippen LogP contribution is 2.30. The molecule has 1 aliphatic rings. The SMILES string of the molecule is O=C(CCC(=O)Nc1ccc(Cl)cc1Cl)NNC(=O)C1CCCC[C@@H]1C(=O)O. The molecule has 1 unspecified atom stereocenters. The Hall–Kier alpha value is -2.32. The Morgan fingerprint density at radius 3 is 2.25 bits per heavy atom. The summed E-state index contributed by atoms with van der Waals surface area (Å²) in [5.74, 6) is -3.96. The molecule has 0 aliphatic heterocycles. The third-order valence-corrected chi connectivity index (χ3v) is 5.08. The van der Waals surface area contributed by atoms with Crippen molar-refractivity contribution in [3.8, 4) is 0 Å². The van der Waals surface area contributed by atoms with E-state index in [1.807, 2.05) is 0 Å². The Labute approximate surface area is 171 Å². The van der Waals surface area contributed by atoms with Gasteiger partial charge in [-0.1, -0.05) is 36.0 Å². The molecule has 4 N–H and O–H groups in total. The van der Waals surface area contributed by atoms with E-state index >= 15 is 0 Å². The summed E-state index contributed by atoms with van der Waals surface area (Å²) in [6, 6.07) is 4.60. The number of hydrogen-bond donors (Lipinski definition) is 4. The van der Waals surface area contributed by atoms with Gasteiger partial charge in [-0.25, -0.2) is 0 Å². The summed E-state index contributed by atoms with van der Waals surface area (Å²) in [5, 5.41) is 12.5. The minimum atomic E-state index is -1.01. The monoisotopic (exact) mass is 429 g/mol. The van der Waals surface area contributed by atoms with Crippen molar-refractivity contribution in [3.05, 3.63) is 28.2 Å². The van der Waals surface area contributed by atoms with Crippen molar-refractivity contribution in [2.24, 2.45) is 11.8 Å². The van der Waals surface area contributed by atoms with Crippen LogP contribution in [0.1, 0.15) is 38.5 Å². The highest BCUT2D eigenvalue weighted by atomic mass is 35.5. The molecular weight excluding hydrogens is 409 g/mol. The second-order valence-electron chi connectivity index (χ2n) is 6.55. The molecule has 8 nitrogen and oxygen atoms in total. The summed E-state index contributed by atoms with van der Waals surface area (Å²) >= 11 is 11.7. The molecule has 1 fully saturated rings. The van der Waals surface area contributed by atoms with E-state index in [-0.39, 0.29) is 17.9 Å². The second kappa shape index (κ2) is 10.3. The van der Waals surface area contributed by atoms with Crippen LogP contribution >= 0.6 is 23.2 Å². The Bertz CT molecular complexity index is 772. The van der Waals surface area contributed by atoms with Crippen molar-refractivity contribution in [3.63, 3.8) is 0 Å². The van der Waals surface area contributed by atoms with Gasteiger partial charge >= 0.3 is 5.97 Å². The lowest BCUT2D eigenvalue weighted by atomic mass is 9.79. The molecule has 1 saturated carbocycles. The van der Waals surface area contributed by atoms with Gasteiger partial charge in [0.1, 0.15) is 0 Å². The summed E-state index contributed by atoms with van der Waals surface area (Å²) in [6.07, 6.45) is 2.15. The van der Waals surface area contributed by atoms with Crippen LogP contribution in [0.5, 0.6) is 0 Å². The van der Waals surface area contributed by atoms with Crippen molar-refractivity contribution >= 4 is 52.6 Å². The van der Waals surface area contributed by atoms with Crippen molar-refractivity contribution in [2.45, 2.75) is 38.5 Å². The maximum Gasteiger partial charge on any atom is 0.307 e. The molecule has 1 aromatic carbocycles. The average Bonchev–Trinajstić information content (AvgIpc) is 2.66. The highest BCUT2D eigenvalue weighted by molar-refractivity contribution is 6.36. The average molecular weight is 430 g/mol. The van der Waals surface area contributed by atoms with E-state index in [0.29, 0.717) is 23.6 Å². The van der Waals surface area contributed by atoms with Crippen LogP contribution in [0.4, 0.5) is 5.69 Å². The lowest BCUT2D eigenvalue weighted by molar-refractivity contribution is -0.149. The van der Waals surface area contributed by atoms with Crippen LogP contribution in [0.25, 0.3) is 0 Å². The van der Waals surface area contributed by atoms with Crippen LogP contribution in [0.15, 0.2) is 18.2 Å². The summed E-state index contributed by atoms with van der Waals surface area (Å²) in [5.41, 5.74) is 4.86. The molecule has 0 spiro atoms. The second-order valence-corrected chi connectivity index (χ2v) is 7.39. The van der Waals surface area contributed by atoms with E-state index in [2.05, 4.69) is 16.2 Å². The normalized spacial score (nSPS) is 18.8. The minimum Gasteiger partial charge on any atom is -0.481 e. The molecule has 3 amide bonds. The molecule has 1 aromatic rings. The van der Waals surface area contributed by atoms with Crippen molar-refractivity contribution in [2.75, 3.05) is 5.32 Å². The number of hydrogen-bond acceptors (Lipinski definition) is 4. The van der Waals surface area contributed by atoms with E-state index in [1.165, 1.54) is 6.07 Å². The van der Waals surface area contributed by atoms with Gasteiger partial charge in [-0.05, 0) is 31.0 Å². The van der Waals surface area contributed by atoms with E-state index < -0.39 is 35.5 Å². The third kappa shape index (κ3) is 6.38. The van der Waals surface area contributed by atoms with E-state index in [0.717, 1.165) is 12.8 Å². The number of carboxylic acids is 1. The van der Waals surface area contributed by atoms with Crippen LogP contribution < -0.4 is 16.2 Å². The Balaban J connectivity index is 1.75. The molecule has 0 aromatic heterocycles. The Morgan fingerprint density at radius 2 is 1.61 bits per heavy atom. The lowest BCUT2D eigenvalue weighted by Gasteiger charge is -2.27. The van der Waals surface area contributed by atoms with Crippen LogP contribution in [-0.2, 0) is 19.2 Å². The largest absolute Gasteiger partial charge is 0.481 e. The van der Waals surface area contributed by atoms with Crippen molar-refractivity contribution < 1.29 is 24.3 Å². The molecule has 152 valence electrons. The van der Waals surface area contributed by atoms with E-state index in [1.54, 1.807) is 12.1 Å². The fourth-order valence-corrected chi connectivity index (χ4v) is 3.51. The van der Waals surface area contributed by atoms with Crippen LogP contribution in [0.2, 0.25) is 10.0 Å². The van der Waals surface area contributed by atoms with Gasteiger partial charge in [0.2, 0.25) is 17.7 Å². The maximum absolute atomic E-state index is 12.2. The number of halogens is 2. The fraction of sp³-hybridized carbons (Fsp3) is 0.444. The van der Waals surface area contributed by atoms with Crippen molar-refractivity contribution in [1.82, 2.24) is 10.9 Å². The lowest BCUT2D eigenvalue weighted by Crippen LogP contribution is -2.48. The van der Waals surface area contributed by atoms with Gasteiger partial charge in [0.05, 0.1) is 22.5 Å². The molecule has 10 heteroatoms. The number of amides is 3. The van der Waals surface area contributed by atoms with Gasteiger partial charge in [0, 0.05) is 17.9 Å². The van der Waals surface area contributed by atoms with Gasteiger partial charge in [-0.15, -0.1) is 0 Å². The molecule has 1 aliphatic carbocycles. The zero-order valence-corrected chi connectivity index (χ0v) is 16.5. The van der Waals surface area contributed by atoms with Gasteiger partial charge in [-0.3, -0.25) is 30.0 Å². The quantitative estimate of drug-likeness (QED) is 0.517. The zero-order chi connectivity index (χ0) is 20.7.